The third kappa shape index (κ3) is 6.21. The number of ether oxygens (including phenoxy) is 1. The maximum absolute atomic E-state index is 13.6. The second kappa shape index (κ2) is 12.1. The van der Waals surface area contributed by atoms with E-state index in [1.807, 2.05) is 18.9 Å². The van der Waals surface area contributed by atoms with Gasteiger partial charge in [0.15, 0.2) is 0 Å². The summed E-state index contributed by atoms with van der Waals surface area (Å²) in [5.74, 6) is 0.137. The van der Waals surface area contributed by atoms with Gasteiger partial charge in [0, 0.05) is 31.0 Å². The van der Waals surface area contributed by atoms with Crippen molar-refractivity contribution in [2.45, 2.75) is 57.2 Å². The van der Waals surface area contributed by atoms with Crippen LogP contribution in [0.4, 0.5) is 13.2 Å². The van der Waals surface area contributed by atoms with Gasteiger partial charge in [-0.25, -0.2) is 0 Å². The number of rotatable bonds is 10. The highest BCUT2D eigenvalue weighted by Crippen LogP contribution is 2.46. The number of amides is 1. The van der Waals surface area contributed by atoms with Gasteiger partial charge < -0.3 is 20.1 Å². The molecule has 0 bridgehead atoms. The quantitative estimate of drug-likeness (QED) is 0.412. The molecule has 2 unspecified atom stereocenters. The van der Waals surface area contributed by atoms with Crippen molar-refractivity contribution in [2.24, 2.45) is 5.92 Å². The van der Waals surface area contributed by atoms with E-state index < -0.39 is 17.3 Å². The van der Waals surface area contributed by atoms with Gasteiger partial charge in [-0.3, -0.25) is 4.79 Å². The number of likely N-dealkylation sites (tertiary alicyclic amines) is 1. The molecule has 1 amide bonds. The Morgan fingerprint density at radius 1 is 1.19 bits per heavy atom. The Labute approximate surface area is 211 Å². The number of aliphatic hydroxyl groups is 1. The third-order valence-electron chi connectivity index (χ3n) is 7.11. The molecular weight excluding hydrogens is 469 g/mol. The maximum Gasteiger partial charge on any atom is 0.416 e. The zero-order valence-electron chi connectivity index (χ0n) is 21.3. The molecule has 1 heterocycles. The molecule has 0 radical (unpaired) electrons. The molecule has 1 saturated heterocycles. The first-order valence-electron chi connectivity index (χ1n) is 12.7. The van der Waals surface area contributed by atoms with Crippen LogP contribution in [0.1, 0.15) is 56.6 Å². The number of carbonyl (C=O) groups is 1. The molecule has 5 nitrogen and oxygen atoms in total. The van der Waals surface area contributed by atoms with E-state index >= 15 is 0 Å². The number of alkyl halides is 3. The van der Waals surface area contributed by atoms with Crippen molar-refractivity contribution in [2.75, 3.05) is 33.8 Å². The van der Waals surface area contributed by atoms with E-state index in [1.165, 1.54) is 13.2 Å². The zero-order chi connectivity index (χ0) is 26.3. The summed E-state index contributed by atoms with van der Waals surface area (Å²) < 4.78 is 46.1. The monoisotopic (exact) mass is 506 g/mol. The van der Waals surface area contributed by atoms with Crippen LogP contribution in [0, 0.1) is 5.92 Å². The Hall–Kier alpha value is -2.58. The summed E-state index contributed by atoms with van der Waals surface area (Å²) in [6.45, 7) is 3.81. The lowest BCUT2D eigenvalue weighted by Crippen LogP contribution is -2.48. The van der Waals surface area contributed by atoms with Crippen LogP contribution in [-0.2, 0) is 16.6 Å². The Bertz CT molecular complexity index is 1030. The van der Waals surface area contributed by atoms with Crippen LogP contribution in [0.5, 0.6) is 5.75 Å². The smallest absolute Gasteiger partial charge is 0.416 e. The Balaban J connectivity index is 2.03. The van der Waals surface area contributed by atoms with Crippen LogP contribution < -0.4 is 10.1 Å². The number of halogens is 3. The van der Waals surface area contributed by atoms with Crippen molar-refractivity contribution in [1.29, 1.82) is 0 Å². The van der Waals surface area contributed by atoms with Crippen molar-refractivity contribution in [3.8, 4) is 16.9 Å². The van der Waals surface area contributed by atoms with Gasteiger partial charge in [0.1, 0.15) is 5.75 Å². The summed E-state index contributed by atoms with van der Waals surface area (Å²) in [7, 11) is 3.27. The normalized spacial score (nSPS) is 18.1. The number of nitrogens with one attached hydrogen (secondary N) is 1. The first-order valence-corrected chi connectivity index (χ1v) is 12.7. The topological polar surface area (TPSA) is 61.8 Å². The Kier molecular flexibility index (Phi) is 9.41. The molecule has 0 aromatic heterocycles. The number of benzene rings is 2. The standard InChI is InChI=1S/C28H37F3N2O3/c1-4-15-27(35,21-9-8-17-33(19-21)26(34)12-7-16-32-2)24-11-6-5-10-22(24)23-18-20(28(29,30)31)13-14-25(23)36-3/h5-6,10-11,13-14,18,21,32,35H,4,7-9,12,15-17,19H2,1-3H3. The predicted octanol–water partition coefficient (Wildman–Crippen LogP) is 5.61. The molecule has 0 aliphatic carbocycles. The second-order valence-corrected chi connectivity index (χ2v) is 9.52. The number of piperidine rings is 1. The van der Waals surface area contributed by atoms with Crippen molar-refractivity contribution in [3.63, 3.8) is 0 Å². The van der Waals surface area contributed by atoms with E-state index in [4.69, 9.17) is 4.74 Å². The molecule has 2 aromatic carbocycles. The number of methoxy groups -OCH3 is 1. The summed E-state index contributed by atoms with van der Waals surface area (Å²) in [4.78, 5) is 14.7. The third-order valence-corrected chi connectivity index (χ3v) is 7.11. The van der Waals surface area contributed by atoms with E-state index in [2.05, 4.69) is 5.32 Å². The minimum atomic E-state index is -4.51. The van der Waals surface area contributed by atoms with E-state index in [1.54, 1.807) is 24.3 Å². The fourth-order valence-electron chi connectivity index (χ4n) is 5.30. The molecule has 1 aliphatic rings. The fraction of sp³-hybridized carbons (Fsp3) is 0.536. The van der Waals surface area contributed by atoms with Gasteiger partial charge >= 0.3 is 6.18 Å². The molecule has 2 atom stereocenters. The molecular formula is C28H37F3N2O3. The van der Waals surface area contributed by atoms with Crippen molar-refractivity contribution in [1.82, 2.24) is 10.2 Å². The molecule has 1 aliphatic heterocycles. The highest BCUT2D eigenvalue weighted by molar-refractivity contribution is 5.77. The first-order chi connectivity index (χ1) is 17.2. The maximum atomic E-state index is 13.6. The van der Waals surface area contributed by atoms with Crippen molar-refractivity contribution in [3.05, 3.63) is 53.6 Å². The lowest BCUT2D eigenvalue weighted by atomic mass is 9.72. The minimum absolute atomic E-state index is 0.0710. The molecule has 2 aromatic rings. The number of hydrogen-bond acceptors (Lipinski definition) is 4. The van der Waals surface area contributed by atoms with Crippen LogP contribution in [0.2, 0.25) is 0 Å². The van der Waals surface area contributed by atoms with Crippen LogP contribution >= 0.6 is 0 Å². The zero-order valence-corrected chi connectivity index (χ0v) is 21.3. The summed E-state index contributed by atoms with van der Waals surface area (Å²) in [6.07, 6.45) is -0.720. The summed E-state index contributed by atoms with van der Waals surface area (Å²) in [5, 5.41) is 15.3. The van der Waals surface area contributed by atoms with Crippen molar-refractivity contribution >= 4 is 5.91 Å². The Morgan fingerprint density at radius 3 is 2.61 bits per heavy atom. The SMILES string of the molecule is CCCC(O)(c1ccccc1-c1cc(C(F)(F)F)ccc1OC)C1CCCN(C(=O)CCCNC)C1. The van der Waals surface area contributed by atoms with E-state index in [9.17, 15) is 23.1 Å². The molecule has 0 saturated carbocycles. The molecule has 3 rings (SSSR count). The van der Waals surface area contributed by atoms with Crippen LogP contribution in [0.25, 0.3) is 11.1 Å². The number of hydrogen-bond donors (Lipinski definition) is 2. The predicted molar refractivity (Wildman–Crippen MR) is 135 cm³/mol. The van der Waals surface area contributed by atoms with Gasteiger partial charge in [-0.05, 0) is 68.6 Å². The van der Waals surface area contributed by atoms with E-state index in [0.29, 0.717) is 49.2 Å². The van der Waals surface area contributed by atoms with Gasteiger partial charge in [0.25, 0.3) is 0 Å². The van der Waals surface area contributed by atoms with Gasteiger partial charge in [-0.1, -0.05) is 37.6 Å². The van der Waals surface area contributed by atoms with Gasteiger partial charge in [-0.15, -0.1) is 0 Å². The lowest BCUT2D eigenvalue weighted by molar-refractivity contribution is -0.138. The van der Waals surface area contributed by atoms with E-state index in [0.717, 1.165) is 37.9 Å². The van der Waals surface area contributed by atoms with Crippen LogP contribution in [0.15, 0.2) is 42.5 Å². The average Bonchev–Trinajstić information content (AvgIpc) is 2.88. The lowest BCUT2D eigenvalue weighted by Gasteiger charge is -2.43. The molecule has 1 fully saturated rings. The molecule has 2 N–H and O–H groups in total. The fourth-order valence-corrected chi connectivity index (χ4v) is 5.30. The first kappa shape index (κ1) is 28.0. The van der Waals surface area contributed by atoms with Gasteiger partial charge in [-0.2, -0.15) is 13.2 Å². The highest BCUT2D eigenvalue weighted by atomic mass is 19.4. The second-order valence-electron chi connectivity index (χ2n) is 9.52. The summed E-state index contributed by atoms with van der Waals surface area (Å²) in [6, 6.07) is 10.5. The van der Waals surface area contributed by atoms with Crippen LogP contribution in [-0.4, -0.2) is 49.7 Å². The van der Waals surface area contributed by atoms with Crippen molar-refractivity contribution < 1.29 is 27.8 Å². The number of carbonyl (C=O) groups excluding carboxylic acids is 1. The number of nitrogens with zero attached hydrogens (tertiary/aromatic N) is 1. The summed E-state index contributed by atoms with van der Waals surface area (Å²) in [5.41, 5.74) is -0.724. The molecule has 198 valence electrons. The van der Waals surface area contributed by atoms with Gasteiger partial charge in [0.05, 0.1) is 18.3 Å². The highest BCUT2D eigenvalue weighted by Gasteiger charge is 2.42. The molecule has 36 heavy (non-hydrogen) atoms. The molecule has 0 spiro atoms. The summed E-state index contributed by atoms with van der Waals surface area (Å²) >= 11 is 0. The minimum Gasteiger partial charge on any atom is -0.496 e. The largest absolute Gasteiger partial charge is 0.496 e. The average molecular weight is 507 g/mol. The van der Waals surface area contributed by atoms with Gasteiger partial charge in [0.2, 0.25) is 5.91 Å². The van der Waals surface area contributed by atoms with E-state index in [-0.39, 0.29) is 17.4 Å². The Morgan fingerprint density at radius 2 is 1.94 bits per heavy atom. The molecule has 8 heteroatoms. The van der Waals surface area contributed by atoms with Crippen LogP contribution in [0.3, 0.4) is 0 Å².